The van der Waals surface area contributed by atoms with Gasteiger partial charge in [-0.3, -0.25) is 0 Å². The van der Waals surface area contributed by atoms with Crippen LogP contribution >= 0.6 is 0 Å². The number of para-hydroxylation sites is 2. The van der Waals surface area contributed by atoms with Crippen LogP contribution in [-0.4, -0.2) is 18.7 Å². The first-order chi connectivity index (χ1) is 13.2. The third-order valence-corrected chi connectivity index (χ3v) is 3.98. The fraction of sp³-hybridized carbons (Fsp3) is 0.182. The second-order valence-corrected chi connectivity index (χ2v) is 5.79. The summed E-state index contributed by atoms with van der Waals surface area (Å²) in [6.45, 7) is 6.21. The van der Waals surface area contributed by atoms with Crippen molar-refractivity contribution in [3.8, 4) is 17.6 Å². The lowest BCUT2D eigenvalue weighted by molar-refractivity contribution is 0.309. The summed E-state index contributed by atoms with van der Waals surface area (Å²) in [4.78, 5) is 4.40. The highest BCUT2D eigenvalue weighted by atomic mass is 16.5. The standard InChI is InChI=1S/C22H20N2O3/c1-4-8-16-11-15(13-20(26-5-2)21(16)25-3)12-17(14-23)22-24-18-9-6-7-10-19(18)27-22/h4,6-7,9-13H,1,5,8H2,2-3H3/b17-12+. The monoisotopic (exact) mass is 360 g/mol. The minimum Gasteiger partial charge on any atom is -0.493 e. The van der Waals surface area contributed by atoms with Crippen LogP contribution in [0, 0.1) is 11.3 Å². The summed E-state index contributed by atoms with van der Waals surface area (Å²) in [6, 6.07) is 13.4. The molecule has 0 saturated heterocycles. The molecule has 5 nitrogen and oxygen atoms in total. The van der Waals surface area contributed by atoms with Gasteiger partial charge in [0.2, 0.25) is 5.89 Å². The van der Waals surface area contributed by atoms with Gasteiger partial charge in [0.05, 0.1) is 13.7 Å². The molecule has 1 heterocycles. The summed E-state index contributed by atoms with van der Waals surface area (Å²) in [7, 11) is 1.61. The van der Waals surface area contributed by atoms with Crippen LogP contribution in [0.25, 0.3) is 22.7 Å². The summed E-state index contributed by atoms with van der Waals surface area (Å²) in [5.74, 6) is 1.59. The van der Waals surface area contributed by atoms with Crippen LogP contribution in [0.4, 0.5) is 0 Å². The number of hydrogen-bond donors (Lipinski definition) is 0. The Balaban J connectivity index is 2.10. The molecule has 0 aliphatic carbocycles. The van der Waals surface area contributed by atoms with Crippen molar-refractivity contribution in [3.63, 3.8) is 0 Å². The molecule has 0 N–H and O–H groups in total. The van der Waals surface area contributed by atoms with Crippen LogP contribution in [0.5, 0.6) is 11.5 Å². The van der Waals surface area contributed by atoms with Crippen LogP contribution in [0.3, 0.4) is 0 Å². The summed E-state index contributed by atoms with van der Waals surface area (Å²) in [5, 5.41) is 9.62. The van der Waals surface area contributed by atoms with Crippen molar-refractivity contribution in [3.05, 3.63) is 66.1 Å². The predicted molar refractivity (Wildman–Crippen MR) is 106 cm³/mol. The zero-order chi connectivity index (χ0) is 19.2. The van der Waals surface area contributed by atoms with Crippen LogP contribution in [0.2, 0.25) is 0 Å². The molecule has 0 spiro atoms. The Labute approximate surface area is 158 Å². The Morgan fingerprint density at radius 3 is 2.81 bits per heavy atom. The van der Waals surface area contributed by atoms with Crippen LogP contribution in [-0.2, 0) is 6.42 Å². The first kappa shape index (κ1) is 18.3. The van der Waals surface area contributed by atoms with Gasteiger partial charge in [-0.25, -0.2) is 4.98 Å². The van der Waals surface area contributed by atoms with Gasteiger partial charge >= 0.3 is 0 Å². The van der Waals surface area contributed by atoms with E-state index in [1.807, 2.05) is 43.3 Å². The minimum absolute atomic E-state index is 0.290. The number of nitrogens with zero attached hydrogens (tertiary/aromatic N) is 2. The van der Waals surface area contributed by atoms with E-state index in [-0.39, 0.29) is 5.89 Å². The number of rotatable bonds is 7. The summed E-state index contributed by atoms with van der Waals surface area (Å²) < 4.78 is 16.9. The molecule has 27 heavy (non-hydrogen) atoms. The lowest BCUT2D eigenvalue weighted by atomic mass is 10.0. The molecule has 3 aromatic rings. The average molecular weight is 360 g/mol. The predicted octanol–water partition coefficient (Wildman–Crippen LogP) is 5.03. The molecule has 2 aromatic carbocycles. The molecule has 0 aliphatic heterocycles. The molecule has 3 rings (SSSR count). The van der Waals surface area contributed by atoms with E-state index >= 15 is 0 Å². The molecule has 0 radical (unpaired) electrons. The van der Waals surface area contributed by atoms with E-state index in [1.165, 1.54) is 0 Å². The smallest absolute Gasteiger partial charge is 0.238 e. The van der Waals surface area contributed by atoms with E-state index in [2.05, 4.69) is 17.6 Å². The van der Waals surface area contributed by atoms with Gasteiger partial charge in [-0.2, -0.15) is 5.26 Å². The highest BCUT2D eigenvalue weighted by Gasteiger charge is 2.14. The molecule has 0 amide bonds. The van der Waals surface area contributed by atoms with Crippen LogP contribution in [0.1, 0.15) is 23.9 Å². The number of methoxy groups -OCH3 is 1. The Morgan fingerprint density at radius 2 is 2.15 bits per heavy atom. The van der Waals surface area contributed by atoms with Gasteiger partial charge in [-0.05, 0) is 49.2 Å². The molecule has 136 valence electrons. The van der Waals surface area contributed by atoms with Gasteiger partial charge in [0.25, 0.3) is 0 Å². The maximum atomic E-state index is 9.62. The zero-order valence-electron chi connectivity index (χ0n) is 15.4. The van der Waals surface area contributed by atoms with Gasteiger partial charge in [-0.1, -0.05) is 18.2 Å². The maximum Gasteiger partial charge on any atom is 0.238 e. The van der Waals surface area contributed by atoms with E-state index in [4.69, 9.17) is 13.9 Å². The Bertz CT molecular complexity index is 1010. The van der Waals surface area contributed by atoms with Crippen molar-refractivity contribution in [2.45, 2.75) is 13.3 Å². The fourth-order valence-corrected chi connectivity index (χ4v) is 2.86. The molecule has 0 fully saturated rings. The normalized spacial score (nSPS) is 11.2. The molecule has 5 heteroatoms. The van der Waals surface area contributed by atoms with Crippen molar-refractivity contribution >= 4 is 22.7 Å². The van der Waals surface area contributed by atoms with Crippen molar-refractivity contribution < 1.29 is 13.9 Å². The highest BCUT2D eigenvalue weighted by molar-refractivity contribution is 5.89. The summed E-state index contributed by atoms with van der Waals surface area (Å²) in [5.41, 5.74) is 3.43. The molecule has 0 atom stereocenters. The maximum absolute atomic E-state index is 9.62. The highest BCUT2D eigenvalue weighted by Crippen LogP contribution is 2.35. The van der Waals surface area contributed by atoms with Gasteiger partial charge < -0.3 is 13.9 Å². The van der Waals surface area contributed by atoms with E-state index < -0.39 is 0 Å². The van der Waals surface area contributed by atoms with E-state index in [0.29, 0.717) is 41.2 Å². The van der Waals surface area contributed by atoms with E-state index in [0.717, 1.165) is 11.1 Å². The molecule has 1 aromatic heterocycles. The zero-order valence-corrected chi connectivity index (χ0v) is 15.4. The SMILES string of the molecule is C=CCc1cc(/C=C(\C#N)c2nc3ccccc3o2)cc(OCC)c1OC. The number of fused-ring (bicyclic) bond motifs is 1. The number of aromatic nitrogens is 1. The van der Waals surface area contributed by atoms with Crippen molar-refractivity contribution in [1.29, 1.82) is 5.26 Å². The lowest BCUT2D eigenvalue weighted by Crippen LogP contribution is -1.99. The first-order valence-electron chi connectivity index (χ1n) is 8.62. The Morgan fingerprint density at radius 1 is 1.33 bits per heavy atom. The average Bonchev–Trinajstić information content (AvgIpc) is 3.10. The Kier molecular flexibility index (Phi) is 5.58. The van der Waals surface area contributed by atoms with Crippen LogP contribution in [0.15, 0.2) is 53.5 Å². The number of hydrogen-bond acceptors (Lipinski definition) is 5. The number of ether oxygens (including phenoxy) is 2. The minimum atomic E-state index is 0.290. The summed E-state index contributed by atoms with van der Waals surface area (Å²) in [6.07, 6.45) is 4.15. The largest absolute Gasteiger partial charge is 0.493 e. The molecular weight excluding hydrogens is 340 g/mol. The fourth-order valence-electron chi connectivity index (χ4n) is 2.86. The van der Waals surface area contributed by atoms with Gasteiger partial charge in [0.15, 0.2) is 17.1 Å². The number of nitriles is 1. The molecular formula is C22H20N2O3. The van der Waals surface area contributed by atoms with Crippen molar-refractivity contribution in [2.75, 3.05) is 13.7 Å². The van der Waals surface area contributed by atoms with Gasteiger partial charge in [0, 0.05) is 5.56 Å². The molecule has 0 unspecified atom stereocenters. The molecule has 0 bridgehead atoms. The summed E-state index contributed by atoms with van der Waals surface area (Å²) >= 11 is 0. The number of benzene rings is 2. The van der Waals surface area contributed by atoms with Crippen molar-refractivity contribution in [1.82, 2.24) is 4.98 Å². The van der Waals surface area contributed by atoms with Gasteiger partial charge in [-0.15, -0.1) is 6.58 Å². The third-order valence-electron chi connectivity index (χ3n) is 3.98. The number of oxazole rings is 1. The second kappa shape index (κ2) is 8.24. The van der Waals surface area contributed by atoms with E-state index in [1.54, 1.807) is 19.3 Å². The Hall–Kier alpha value is -3.52. The first-order valence-corrected chi connectivity index (χ1v) is 8.62. The topological polar surface area (TPSA) is 68.3 Å². The van der Waals surface area contributed by atoms with Crippen molar-refractivity contribution in [2.24, 2.45) is 0 Å². The number of allylic oxidation sites excluding steroid dienone is 2. The van der Waals surface area contributed by atoms with E-state index in [9.17, 15) is 5.26 Å². The lowest BCUT2D eigenvalue weighted by Gasteiger charge is -2.14. The quantitative estimate of drug-likeness (QED) is 0.437. The third kappa shape index (κ3) is 3.85. The van der Waals surface area contributed by atoms with Gasteiger partial charge in [0.1, 0.15) is 17.2 Å². The molecule has 0 saturated carbocycles. The van der Waals surface area contributed by atoms with Crippen LogP contribution < -0.4 is 9.47 Å². The molecule has 0 aliphatic rings. The second-order valence-electron chi connectivity index (χ2n) is 5.79.